The van der Waals surface area contributed by atoms with Gasteiger partial charge in [-0.2, -0.15) is 0 Å². The molecule has 3 heteroatoms. The molecule has 17 heavy (non-hydrogen) atoms. The molecule has 0 aliphatic carbocycles. The van der Waals surface area contributed by atoms with Crippen LogP contribution >= 0.6 is 0 Å². The van der Waals surface area contributed by atoms with Crippen LogP contribution in [0.15, 0.2) is 0 Å². The molecule has 0 aromatic carbocycles. The average molecular weight is 240 g/mol. The minimum absolute atomic E-state index is 0.457. The zero-order chi connectivity index (χ0) is 12.1. The van der Waals surface area contributed by atoms with E-state index in [1.807, 2.05) is 0 Å². The lowest BCUT2D eigenvalue weighted by Crippen LogP contribution is -2.50. The molecule has 3 nitrogen and oxygen atoms in total. The summed E-state index contributed by atoms with van der Waals surface area (Å²) in [4.78, 5) is 2.71. The standard InChI is InChI=1S/C14H28N2O/c1-13-5-3-4-8-16(13)12-14(11-15-2)6-9-17-10-7-14/h13,15H,3-12H2,1-2H3. The highest BCUT2D eigenvalue weighted by molar-refractivity contribution is 4.89. The maximum Gasteiger partial charge on any atom is 0.0472 e. The molecule has 2 aliphatic heterocycles. The van der Waals surface area contributed by atoms with Crippen molar-refractivity contribution in [3.63, 3.8) is 0 Å². The Bertz CT molecular complexity index is 221. The summed E-state index contributed by atoms with van der Waals surface area (Å²) in [6.07, 6.45) is 6.62. The predicted molar refractivity (Wildman–Crippen MR) is 71.3 cm³/mol. The molecule has 1 unspecified atom stereocenters. The molecule has 2 heterocycles. The van der Waals surface area contributed by atoms with Gasteiger partial charge in [0.2, 0.25) is 0 Å². The number of nitrogens with one attached hydrogen (secondary N) is 1. The van der Waals surface area contributed by atoms with Crippen LogP contribution in [-0.2, 0) is 4.74 Å². The third-order valence-corrected chi connectivity index (χ3v) is 4.58. The molecule has 0 amide bonds. The molecule has 1 N–H and O–H groups in total. The molecule has 0 saturated carbocycles. The van der Waals surface area contributed by atoms with Gasteiger partial charge in [0.05, 0.1) is 0 Å². The van der Waals surface area contributed by atoms with E-state index in [1.165, 1.54) is 45.2 Å². The van der Waals surface area contributed by atoms with Gasteiger partial charge in [0.25, 0.3) is 0 Å². The second-order valence-electron chi connectivity index (χ2n) is 5.96. The first-order valence-corrected chi connectivity index (χ1v) is 7.22. The first-order chi connectivity index (χ1) is 8.26. The Labute approximate surface area is 106 Å². The molecule has 0 bridgehead atoms. The Balaban J connectivity index is 1.95. The van der Waals surface area contributed by atoms with Crippen LogP contribution in [0.4, 0.5) is 0 Å². The molecule has 0 radical (unpaired) electrons. The molecule has 2 rings (SSSR count). The van der Waals surface area contributed by atoms with E-state index < -0.39 is 0 Å². The summed E-state index contributed by atoms with van der Waals surface area (Å²) in [6.45, 7) is 7.99. The van der Waals surface area contributed by atoms with E-state index in [4.69, 9.17) is 4.74 Å². The van der Waals surface area contributed by atoms with Gasteiger partial charge in [-0.15, -0.1) is 0 Å². The van der Waals surface area contributed by atoms with Crippen molar-refractivity contribution >= 4 is 0 Å². The quantitative estimate of drug-likeness (QED) is 0.812. The van der Waals surface area contributed by atoms with Crippen molar-refractivity contribution in [2.24, 2.45) is 5.41 Å². The molecule has 2 fully saturated rings. The van der Waals surface area contributed by atoms with Gasteiger partial charge in [-0.05, 0) is 51.6 Å². The van der Waals surface area contributed by atoms with Gasteiger partial charge in [-0.1, -0.05) is 6.42 Å². The van der Waals surface area contributed by atoms with E-state index in [-0.39, 0.29) is 0 Å². The fourth-order valence-electron chi connectivity index (χ4n) is 3.39. The number of piperidine rings is 1. The van der Waals surface area contributed by atoms with Gasteiger partial charge in [-0.25, -0.2) is 0 Å². The van der Waals surface area contributed by atoms with E-state index in [0.29, 0.717) is 5.41 Å². The highest BCUT2D eigenvalue weighted by atomic mass is 16.5. The summed E-state index contributed by atoms with van der Waals surface area (Å²) >= 11 is 0. The minimum Gasteiger partial charge on any atom is -0.381 e. The minimum atomic E-state index is 0.457. The van der Waals surface area contributed by atoms with Crippen LogP contribution in [0, 0.1) is 5.41 Å². The Hall–Kier alpha value is -0.120. The summed E-state index contributed by atoms with van der Waals surface area (Å²) in [7, 11) is 2.08. The summed E-state index contributed by atoms with van der Waals surface area (Å²) in [5.74, 6) is 0. The molecule has 2 saturated heterocycles. The predicted octanol–water partition coefficient (Wildman–Crippen LogP) is 1.88. The van der Waals surface area contributed by atoms with Crippen molar-refractivity contribution < 1.29 is 4.74 Å². The van der Waals surface area contributed by atoms with Crippen LogP contribution in [0.5, 0.6) is 0 Å². The van der Waals surface area contributed by atoms with E-state index in [0.717, 1.165) is 25.8 Å². The lowest BCUT2D eigenvalue weighted by atomic mass is 9.78. The zero-order valence-corrected chi connectivity index (χ0v) is 11.5. The smallest absolute Gasteiger partial charge is 0.0472 e. The van der Waals surface area contributed by atoms with Crippen LogP contribution < -0.4 is 5.32 Å². The largest absolute Gasteiger partial charge is 0.381 e. The van der Waals surface area contributed by atoms with Gasteiger partial charge in [0.15, 0.2) is 0 Å². The first kappa shape index (κ1) is 13.3. The van der Waals surface area contributed by atoms with Gasteiger partial charge in [0, 0.05) is 32.3 Å². The van der Waals surface area contributed by atoms with Crippen molar-refractivity contribution in [2.75, 3.05) is 39.9 Å². The van der Waals surface area contributed by atoms with Crippen LogP contribution in [0.3, 0.4) is 0 Å². The SMILES string of the molecule is CNCC1(CN2CCCCC2C)CCOCC1. The molecular formula is C14H28N2O. The number of likely N-dealkylation sites (tertiary alicyclic amines) is 1. The van der Waals surface area contributed by atoms with Crippen LogP contribution in [0.2, 0.25) is 0 Å². The maximum atomic E-state index is 5.54. The van der Waals surface area contributed by atoms with E-state index in [2.05, 4.69) is 24.2 Å². The Morgan fingerprint density at radius 2 is 2.06 bits per heavy atom. The van der Waals surface area contributed by atoms with Crippen LogP contribution in [0.25, 0.3) is 0 Å². The van der Waals surface area contributed by atoms with Gasteiger partial charge < -0.3 is 15.0 Å². The van der Waals surface area contributed by atoms with Crippen molar-refractivity contribution in [1.82, 2.24) is 10.2 Å². The third-order valence-electron chi connectivity index (χ3n) is 4.58. The van der Waals surface area contributed by atoms with E-state index in [1.54, 1.807) is 0 Å². The third kappa shape index (κ3) is 3.43. The molecule has 0 spiro atoms. The van der Waals surface area contributed by atoms with E-state index in [9.17, 15) is 0 Å². The first-order valence-electron chi connectivity index (χ1n) is 7.22. The Morgan fingerprint density at radius 1 is 1.29 bits per heavy atom. The van der Waals surface area contributed by atoms with Crippen molar-refractivity contribution in [1.29, 1.82) is 0 Å². The van der Waals surface area contributed by atoms with Crippen LogP contribution in [-0.4, -0.2) is 50.8 Å². The molecule has 100 valence electrons. The normalized spacial score (nSPS) is 30.4. The summed E-state index contributed by atoms with van der Waals surface area (Å²) in [6, 6.07) is 0.778. The van der Waals surface area contributed by atoms with Crippen molar-refractivity contribution in [3.8, 4) is 0 Å². The average Bonchev–Trinajstić information content (AvgIpc) is 2.34. The fourth-order valence-corrected chi connectivity index (χ4v) is 3.39. The molecule has 0 aromatic rings. The summed E-state index contributed by atoms with van der Waals surface area (Å²) in [5.41, 5.74) is 0.457. The lowest BCUT2D eigenvalue weighted by Gasteiger charge is -2.44. The number of hydrogen-bond donors (Lipinski definition) is 1. The highest BCUT2D eigenvalue weighted by Crippen LogP contribution is 2.32. The van der Waals surface area contributed by atoms with Crippen molar-refractivity contribution in [2.45, 2.75) is 45.1 Å². The lowest BCUT2D eigenvalue weighted by molar-refractivity contribution is -0.0146. The number of ether oxygens (including phenoxy) is 1. The monoisotopic (exact) mass is 240 g/mol. The molecule has 0 aromatic heterocycles. The fraction of sp³-hybridized carbons (Fsp3) is 1.00. The molecular weight excluding hydrogens is 212 g/mol. The zero-order valence-electron chi connectivity index (χ0n) is 11.5. The van der Waals surface area contributed by atoms with E-state index >= 15 is 0 Å². The van der Waals surface area contributed by atoms with Gasteiger partial charge in [0.1, 0.15) is 0 Å². The Morgan fingerprint density at radius 3 is 2.71 bits per heavy atom. The highest BCUT2D eigenvalue weighted by Gasteiger charge is 2.35. The number of rotatable bonds is 4. The van der Waals surface area contributed by atoms with Crippen molar-refractivity contribution in [3.05, 3.63) is 0 Å². The number of hydrogen-bond acceptors (Lipinski definition) is 3. The molecule has 2 aliphatic rings. The summed E-state index contributed by atoms with van der Waals surface area (Å²) in [5, 5.41) is 3.40. The second kappa shape index (κ2) is 6.17. The summed E-state index contributed by atoms with van der Waals surface area (Å²) < 4.78 is 5.54. The van der Waals surface area contributed by atoms with Gasteiger partial charge in [-0.3, -0.25) is 0 Å². The van der Waals surface area contributed by atoms with Gasteiger partial charge >= 0.3 is 0 Å². The molecule has 1 atom stereocenters. The second-order valence-corrected chi connectivity index (χ2v) is 5.96. The topological polar surface area (TPSA) is 24.5 Å². The Kier molecular flexibility index (Phi) is 4.83. The maximum absolute atomic E-state index is 5.54. The van der Waals surface area contributed by atoms with Crippen LogP contribution in [0.1, 0.15) is 39.0 Å². The number of nitrogens with zero attached hydrogens (tertiary/aromatic N) is 1.